The Labute approximate surface area is 199 Å². The molecule has 0 amide bonds. The topological polar surface area (TPSA) is 120 Å². The van der Waals surface area contributed by atoms with E-state index in [-0.39, 0.29) is 6.04 Å². The molecule has 2 atom stereocenters. The molecule has 34 heavy (non-hydrogen) atoms. The lowest BCUT2D eigenvalue weighted by Crippen LogP contribution is -2.47. The Morgan fingerprint density at radius 2 is 1.94 bits per heavy atom. The highest BCUT2D eigenvalue weighted by atomic mass is 32.2. The molecule has 2 aromatic heterocycles. The second-order valence-corrected chi connectivity index (χ2v) is 11.1. The Hall–Kier alpha value is -2.73. The van der Waals surface area contributed by atoms with Crippen LogP contribution in [0.15, 0.2) is 30.3 Å². The first kappa shape index (κ1) is 23.0. The summed E-state index contributed by atoms with van der Waals surface area (Å²) in [6.45, 7) is 4.90. The number of nitrogens with zero attached hydrogens (tertiary/aromatic N) is 5. The number of para-hydroxylation sites is 2. The number of hydrogen-bond acceptors (Lipinski definition) is 8. The van der Waals surface area contributed by atoms with Crippen LogP contribution in [0.5, 0.6) is 0 Å². The lowest BCUT2D eigenvalue weighted by molar-refractivity contribution is 0.0742. The summed E-state index contributed by atoms with van der Waals surface area (Å²) in [7, 11) is -1.18. The zero-order valence-corrected chi connectivity index (χ0v) is 20.4. The van der Waals surface area contributed by atoms with Crippen molar-refractivity contribution in [1.29, 1.82) is 0 Å². The molecule has 3 N–H and O–H groups in total. The van der Waals surface area contributed by atoms with Crippen molar-refractivity contribution in [3.8, 4) is 5.95 Å². The average molecular weight is 486 g/mol. The van der Waals surface area contributed by atoms with Crippen LogP contribution in [-0.2, 0) is 23.9 Å². The number of morpholine rings is 1. The number of ether oxygens (including phenoxy) is 2. The summed E-state index contributed by atoms with van der Waals surface area (Å²) < 4.78 is 25.7. The zero-order chi connectivity index (χ0) is 23.9. The summed E-state index contributed by atoms with van der Waals surface area (Å²) >= 11 is 0. The number of fused-ring (bicyclic) bond motifs is 1. The summed E-state index contributed by atoms with van der Waals surface area (Å²) in [5, 5.41) is 9.44. The maximum Gasteiger partial charge on any atom is 0.239 e. The molecule has 2 saturated heterocycles. The Kier molecular flexibility index (Phi) is 5.96. The van der Waals surface area contributed by atoms with E-state index in [1.165, 1.54) is 0 Å². The SMILES string of the molecule is C=S(N)(=O)C1(c2cc(N3CCOCC3C)nc(-n3c(NC)nc4ccccc43)n2)CCOCC1. The molecule has 182 valence electrons. The predicted molar refractivity (Wildman–Crippen MR) is 135 cm³/mol. The molecule has 0 bridgehead atoms. The van der Waals surface area contributed by atoms with E-state index in [0.717, 1.165) is 16.9 Å². The summed E-state index contributed by atoms with van der Waals surface area (Å²) in [6.07, 6.45) is 0.952. The Morgan fingerprint density at radius 1 is 1.18 bits per heavy atom. The molecule has 10 nitrogen and oxygen atoms in total. The Morgan fingerprint density at radius 3 is 2.65 bits per heavy atom. The molecule has 11 heteroatoms. The van der Waals surface area contributed by atoms with Crippen LogP contribution in [0.1, 0.15) is 25.5 Å². The van der Waals surface area contributed by atoms with Gasteiger partial charge in [-0.3, -0.25) is 9.35 Å². The van der Waals surface area contributed by atoms with Gasteiger partial charge in [-0.25, -0.2) is 14.5 Å². The van der Waals surface area contributed by atoms with Crippen molar-refractivity contribution in [2.75, 3.05) is 50.2 Å². The third-order valence-corrected chi connectivity index (χ3v) is 8.72. The molecule has 0 aliphatic carbocycles. The molecule has 5 rings (SSSR count). The van der Waals surface area contributed by atoms with Gasteiger partial charge < -0.3 is 19.7 Å². The molecule has 0 saturated carbocycles. The largest absolute Gasteiger partial charge is 0.381 e. The first-order chi connectivity index (χ1) is 16.3. The minimum Gasteiger partial charge on any atom is -0.381 e. The Bertz CT molecular complexity index is 1300. The lowest BCUT2D eigenvalue weighted by Gasteiger charge is -2.39. The van der Waals surface area contributed by atoms with Crippen molar-refractivity contribution in [3.05, 3.63) is 36.0 Å². The first-order valence-corrected chi connectivity index (χ1v) is 13.2. The molecule has 2 aliphatic rings. The first-order valence-electron chi connectivity index (χ1n) is 11.5. The highest BCUT2D eigenvalue weighted by molar-refractivity contribution is 7.99. The minimum atomic E-state index is -3.00. The molecular weight excluding hydrogens is 454 g/mol. The third kappa shape index (κ3) is 3.82. The van der Waals surface area contributed by atoms with Crippen LogP contribution in [0.2, 0.25) is 0 Å². The van der Waals surface area contributed by atoms with Crippen LogP contribution in [0, 0.1) is 0 Å². The number of benzene rings is 1. The predicted octanol–water partition coefficient (Wildman–Crippen LogP) is 1.68. The normalized spacial score (nSPS) is 22.4. The molecule has 0 radical (unpaired) electrons. The number of nitrogens with two attached hydrogens (primary N) is 1. The maximum absolute atomic E-state index is 13.4. The van der Waals surface area contributed by atoms with Crippen LogP contribution in [0.3, 0.4) is 0 Å². The van der Waals surface area contributed by atoms with Gasteiger partial charge in [0.05, 0.1) is 40.7 Å². The molecule has 2 unspecified atom stereocenters. The van der Waals surface area contributed by atoms with Crippen molar-refractivity contribution in [1.82, 2.24) is 19.5 Å². The molecule has 4 heterocycles. The summed E-state index contributed by atoms with van der Waals surface area (Å²) in [4.78, 5) is 16.8. The van der Waals surface area contributed by atoms with E-state index in [4.69, 9.17) is 29.6 Å². The van der Waals surface area contributed by atoms with Crippen molar-refractivity contribution in [2.45, 2.75) is 30.6 Å². The number of aromatic nitrogens is 4. The van der Waals surface area contributed by atoms with Crippen LogP contribution in [0.4, 0.5) is 11.8 Å². The number of nitrogens with one attached hydrogen (secondary N) is 1. The average Bonchev–Trinajstić information content (AvgIpc) is 3.22. The van der Waals surface area contributed by atoms with Gasteiger partial charge in [-0.2, -0.15) is 4.98 Å². The Balaban J connectivity index is 1.77. The van der Waals surface area contributed by atoms with E-state index >= 15 is 0 Å². The second kappa shape index (κ2) is 8.81. The smallest absolute Gasteiger partial charge is 0.239 e. The van der Waals surface area contributed by atoms with Gasteiger partial charge >= 0.3 is 0 Å². The van der Waals surface area contributed by atoms with Crippen molar-refractivity contribution < 1.29 is 13.7 Å². The van der Waals surface area contributed by atoms with Crippen molar-refractivity contribution in [3.63, 3.8) is 0 Å². The van der Waals surface area contributed by atoms with E-state index < -0.39 is 14.5 Å². The molecule has 2 aliphatic heterocycles. The van der Waals surface area contributed by atoms with E-state index in [1.807, 2.05) is 41.9 Å². The van der Waals surface area contributed by atoms with E-state index in [0.29, 0.717) is 63.4 Å². The monoisotopic (exact) mass is 485 g/mol. The fraction of sp³-hybridized carbons (Fsp3) is 0.478. The highest BCUT2D eigenvalue weighted by Gasteiger charge is 2.43. The number of hydrogen-bond donors (Lipinski definition) is 2. The standard InChI is InChI=1S/C23H31N7O3S/c1-16-15-33-13-10-29(16)20-14-19(23(34(3,24)31)8-11-32-12-9-23)27-22(28-20)30-18-7-5-4-6-17(18)26-21(30)25-2/h4-7,14,16H,3,8-13,15H2,1-2H3,(H2,24,31)(H,25,26). The van der Waals surface area contributed by atoms with Gasteiger partial charge in [-0.15, -0.1) is 0 Å². The van der Waals surface area contributed by atoms with E-state index in [2.05, 4.69) is 23.0 Å². The zero-order valence-electron chi connectivity index (χ0n) is 19.6. The van der Waals surface area contributed by atoms with Gasteiger partial charge in [0.2, 0.25) is 11.9 Å². The molecule has 2 fully saturated rings. The minimum absolute atomic E-state index is 0.125. The van der Waals surface area contributed by atoms with Gasteiger partial charge in [-0.05, 0) is 37.8 Å². The van der Waals surface area contributed by atoms with E-state index in [1.54, 1.807) is 0 Å². The van der Waals surface area contributed by atoms with Crippen LogP contribution in [0.25, 0.3) is 17.0 Å². The van der Waals surface area contributed by atoms with Crippen molar-refractivity contribution >= 4 is 38.4 Å². The summed E-state index contributed by atoms with van der Waals surface area (Å²) in [5.74, 6) is 5.70. The van der Waals surface area contributed by atoms with Gasteiger partial charge in [0.25, 0.3) is 0 Å². The molecular formula is C23H31N7O3S. The van der Waals surface area contributed by atoms with Crippen LogP contribution < -0.4 is 15.4 Å². The molecule has 0 spiro atoms. The molecule has 3 aromatic rings. The fourth-order valence-corrected chi connectivity index (χ4v) is 6.16. The van der Waals surface area contributed by atoms with Crippen LogP contribution >= 0.6 is 0 Å². The van der Waals surface area contributed by atoms with Gasteiger partial charge in [-0.1, -0.05) is 12.1 Å². The second-order valence-electron chi connectivity index (χ2n) is 8.87. The number of anilines is 2. The summed E-state index contributed by atoms with van der Waals surface area (Å²) in [5.41, 5.74) is 2.31. The van der Waals surface area contributed by atoms with E-state index in [9.17, 15) is 4.21 Å². The number of imidazole rings is 1. The van der Waals surface area contributed by atoms with Crippen molar-refractivity contribution in [2.24, 2.45) is 5.14 Å². The van der Waals surface area contributed by atoms with Crippen LogP contribution in [-0.4, -0.2) is 75.7 Å². The number of rotatable bonds is 5. The highest BCUT2D eigenvalue weighted by Crippen LogP contribution is 2.39. The fourth-order valence-electron chi connectivity index (χ4n) is 4.85. The molecule has 1 aromatic carbocycles. The van der Waals surface area contributed by atoms with Gasteiger partial charge in [0.1, 0.15) is 5.82 Å². The van der Waals surface area contributed by atoms with Gasteiger partial charge in [0, 0.05) is 42.6 Å². The van der Waals surface area contributed by atoms with Gasteiger partial charge in [0.15, 0.2) is 0 Å². The summed E-state index contributed by atoms with van der Waals surface area (Å²) in [6, 6.07) is 9.88. The maximum atomic E-state index is 13.4. The lowest BCUT2D eigenvalue weighted by atomic mass is 9.94. The third-order valence-electron chi connectivity index (χ3n) is 6.78. The quantitative estimate of drug-likeness (QED) is 0.524.